The van der Waals surface area contributed by atoms with E-state index in [2.05, 4.69) is 145 Å². The summed E-state index contributed by atoms with van der Waals surface area (Å²) in [5, 5.41) is 4.35. The number of hydrogen-bond acceptors (Lipinski definition) is 2. The normalized spacial score (nSPS) is 13.2. The second kappa shape index (κ2) is 12.3. The number of aryl methyl sites for hydroxylation is 2. The minimum absolute atomic E-state index is 0.119. The molecule has 0 spiro atoms. The molecule has 0 unspecified atom stereocenters. The molecule has 52 heavy (non-hydrogen) atoms. The van der Waals surface area contributed by atoms with Gasteiger partial charge < -0.3 is 9.13 Å². The SMILES string of the molecule is CCc1cccc(C(C)C)c1N1C(=O)c2cc(-n3c4ccc(C)cc4c4cc(Br)ccc43)c(-n3c4ccc(Br)cc4c4cc(Br)ccc43)cc2C1=O. The molecule has 256 valence electrons. The summed E-state index contributed by atoms with van der Waals surface area (Å²) in [5.74, 6) is -0.484. The Bertz CT molecular complexity index is 2580. The van der Waals surface area contributed by atoms with Gasteiger partial charge in [-0.15, -0.1) is 0 Å². The molecule has 1 aliphatic rings. The molecule has 2 aromatic heterocycles. The molecule has 3 heterocycles. The second-order valence-electron chi connectivity index (χ2n) is 13.9. The Kier molecular flexibility index (Phi) is 7.88. The molecular formula is C44H32Br3N3O2. The number of carbonyl (C=O) groups excluding carboxylic acids is 2. The molecule has 1 aliphatic heterocycles. The Morgan fingerprint density at radius 1 is 0.577 bits per heavy atom. The minimum atomic E-state index is -0.302. The van der Waals surface area contributed by atoms with Gasteiger partial charge in [0.1, 0.15) is 0 Å². The fourth-order valence-electron chi connectivity index (χ4n) is 8.06. The standard InChI is InChI=1S/C44H32Br3N3O2/c1-5-25-7-6-8-29(23(2)3)42(25)50-43(51)34-21-40(48-36-13-9-24(4)17-30(36)31-18-26(45)10-14-37(31)48)41(22-35(34)44(50)52)49-38-15-11-27(46)19-32(38)33-20-28(47)12-16-39(33)49/h6-23H,5H2,1-4H3. The van der Waals surface area contributed by atoms with E-state index < -0.39 is 0 Å². The number of rotatable bonds is 5. The van der Waals surface area contributed by atoms with E-state index in [-0.39, 0.29) is 17.7 Å². The van der Waals surface area contributed by atoms with Crippen LogP contribution in [0.3, 0.4) is 0 Å². The van der Waals surface area contributed by atoms with Crippen molar-refractivity contribution in [1.29, 1.82) is 0 Å². The maximum absolute atomic E-state index is 14.8. The number of hydrogen-bond donors (Lipinski definition) is 0. The predicted molar refractivity (Wildman–Crippen MR) is 224 cm³/mol. The van der Waals surface area contributed by atoms with Crippen LogP contribution in [0.1, 0.15) is 64.1 Å². The first-order valence-corrected chi connectivity index (χ1v) is 19.7. The molecule has 0 saturated heterocycles. The van der Waals surface area contributed by atoms with Crippen LogP contribution >= 0.6 is 47.8 Å². The summed E-state index contributed by atoms with van der Waals surface area (Å²) in [6, 6.07) is 35.4. The number of anilines is 1. The molecule has 0 saturated carbocycles. The van der Waals surface area contributed by atoms with E-state index >= 15 is 0 Å². The molecule has 8 aromatic rings. The van der Waals surface area contributed by atoms with Crippen molar-refractivity contribution in [2.45, 2.75) is 40.0 Å². The van der Waals surface area contributed by atoms with Crippen molar-refractivity contribution >= 4 is 109 Å². The Hall–Kier alpha value is -4.50. The van der Waals surface area contributed by atoms with Crippen LogP contribution in [0, 0.1) is 6.92 Å². The van der Waals surface area contributed by atoms with Gasteiger partial charge in [-0.25, -0.2) is 4.90 Å². The van der Waals surface area contributed by atoms with Gasteiger partial charge in [-0.2, -0.15) is 0 Å². The van der Waals surface area contributed by atoms with Crippen molar-refractivity contribution in [3.8, 4) is 11.4 Å². The summed E-state index contributed by atoms with van der Waals surface area (Å²) >= 11 is 11.1. The third kappa shape index (κ3) is 4.91. The van der Waals surface area contributed by atoms with Crippen molar-refractivity contribution < 1.29 is 9.59 Å². The fourth-order valence-corrected chi connectivity index (χ4v) is 9.14. The van der Waals surface area contributed by atoms with E-state index in [0.717, 1.165) is 85.1 Å². The highest BCUT2D eigenvalue weighted by molar-refractivity contribution is 9.11. The maximum atomic E-state index is 14.8. The van der Waals surface area contributed by atoms with E-state index in [1.807, 2.05) is 42.5 Å². The average molecular weight is 874 g/mol. The van der Waals surface area contributed by atoms with Crippen LogP contribution in [-0.2, 0) is 6.42 Å². The summed E-state index contributed by atoms with van der Waals surface area (Å²) in [6.45, 7) is 8.38. The van der Waals surface area contributed by atoms with Crippen molar-refractivity contribution in [3.63, 3.8) is 0 Å². The summed E-state index contributed by atoms with van der Waals surface area (Å²) in [7, 11) is 0. The number of para-hydroxylation sites is 1. The molecule has 0 atom stereocenters. The van der Waals surface area contributed by atoms with Gasteiger partial charge in [0.05, 0.1) is 50.3 Å². The van der Waals surface area contributed by atoms with Gasteiger partial charge in [0, 0.05) is 35.0 Å². The minimum Gasteiger partial charge on any atom is -0.307 e. The third-order valence-electron chi connectivity index (χ3n) is 10.4. The lowest BCUT2D eigenvalue weighted by Crippen LogP contribution is -2.31. The monoisotopic (exact) mass is 871 g/mol. The molecule has 0 aliphatic carbocycles. The first kappa shape index (κ1) is 33.3. The van der Waals surface area contributed by atoms with Crippen molar-refractivity contribution in [3.05, 3.63) is 144 Å². The lowest BCUT2D eigenvalue weighted by Gasteiger charge is -2.23. The highest BCUT2D eigenvalue weighted by Crippen LogP contribution is 2.44. The van der Waals surface area contributed by atoms with Crippen LogP contribution in [0.5, 0.6) is 0 Å². The molecular weight excluding hydrogens is 842 g/mol. The summed E-state index contributed by atoms with van der Waals surface area (Å²) in [4.78, 5) is 30.9. The summed E-state index contributed by atoms with van der Waals surface area (Å²) in [6.07, 6.45) is 0.697. The molecule has 6 aromatic carbocycles. The molecule has 0 fully saturated rings. The van der Waals surface area contributed by atoms with Crippen LogP contribution in [0.4, 0.5) is 5.69 Å². The molecule has 9 rings (SSSR count). The number of amides is 2. The predicted octanol–water partition coefficient (Wildman–Crippen LogP) is 13.0. The first-order chi connectivity index (χ1) is 25.0. The number of nitrogens with zero attached hydrogens (tertiary/aromatic N) is 3. The van der Waals surface area contributed by atoms with Crippen molar-refractivity contribution in [2.75, 3.05) is 4.90 Å². The number of aromatic nitrogens is 2. The zero-order valence-corrected chi connectivity index (χ0v) is 33.6. The smallest absolute Gasteiger partial charge is 0.266 e. The zero-order chi connectivity index (χ0) is 36.2. The van der Waals surface area contributed by atoms with E-state index in [9.17, 15) is 9.59 Å². The molecule has 2 amide bonds. The molecule has 0 bridgehead atoms. The highest BCUT2D eigenvalue weighted by Gasteiger charge is 2.40. The van der Waals surface area contributed by atoms with Gasteiger partial charge in [0.25, 0.3) is 11.8 Å². The third-order valence-corrected chi connectivity index (χ3v) is 11.9. The number of benzene rings is 6. The Morgan fingerprint density at radius 3 is 1.46 bits per heavy atom. The van der Waals surface area contributed by atoms with Gasteiger partial charge in [0.15, 0.2) is 0 Å². The van der Waals surface area contributed by atoms with Gasteiger partial charge in [-0.1, -0.05) is 98.4 Å². The first-order valence-electron chi connectivity index (χ1n) is 17.3. The summed E-state index contributed by atoms with van der Waals surface area (Å²) < 4.78 is 7.43. The quantitative estimate of drug-likeness (QED) is 0.162. The topological polar surface area (TPSA) is 47.2 Å². The Balaban J connectivity index is 1.42. The van der Waals surface area contributed by atoms with Gasteiger partial charge in [-0.3, -0.25) is 9.59 Å². The van der Waals surface area contributed by atoms with Crippen LogP contribution in [0.25, 0.3) is 55.0 Å². The van der Waals surface area contributed by atoms with Gasteiger partial charge in [0.2, 0.25) is 0 Å². The number of halogens is 3. The molecule has 5 nitrogen and oxygen atoms in total. The van der Waals surface area contributed by atoms with Crippen LogP contribution in [0.2, 0.25) is 0 Å². The molecule has 0 radical (unpaired) electrons. The Labute approximate surface area is 326 Å². The van der Waals surface area contributed by atoms with Crippen LogP contribution in [-0.4, -0.2) is 20.9 Å². The van der Waals surface area contributed by atoms with Crippen molar-refractivity contribution in [1.82, 2.24) is 9.13 Å². The zero-order valence-electron chi connectivity index (χ0n) is 28.9. The van der Waals surface area contributed by atoms with Crippen LogP contribution in [0.15, 0.2) is 117 Å². The second-order valence-corrected chi connectivity index (χ2v) is 16.6. The summed E-state index contributed by atoms with van der Waals surface area (Å²) in [5.41, 5.74) is 10.2. The largest absolute Gasteiger partial charge is 0.307 e. The Morgan fingerprint density at radius 2 is 1.02 bits per heavy atom. The highest BCUT2D eigenvalue weighted by atomic mass is 79.9. The van der Waals surface area contributed by atoms with E-state index in [1.54, 1.807) is 0 Å². The number of fused-ring (bicyclic) bond motifs is 7. The van der Waals surface area contributed by atoms with Gasteiger partial charge >= 0.3 is 0 Å². The average Bonchev–Trinajstić information content (AvgIpc) is 3.70. The maximum Gasteiger partial charge on any atom is 0.266 e. The van der Waals surface area contributed by atoms with Gasteiger partial charge in [-0.05, 0) is 109 Å². The molecule has 8 heteroatoms. The van der Waals surface area contributed by atoms with Crippen LogP contribution < -0.4 is 4.90 Å². The lowest BCUT2D eigenvalue weighted by atomic mass is 9.95. The molecule has 0 N–H and O–H groups in total. The van der Waals surface area contributed by atoms with E-state index in [1.165, 1.54) is 4.90 Å². The number of carbonyl (C=O) groups is 2. The fraction of sp³-hybridized carbons (Fsp3) is 0.136. The van der Waals surface area contributed by atoms with E-state index in [0.29, 0.717) is 23.2 Å². The van der Waals surface area contributed by atoms with Crippen molar-refractivity contribution in [2.24, 2.45) is 0 Å². The lowest BCUT2D eigenvalue weighted by molar-refractivity contribution is 0.0925. The van der Waals surface area contributed by atoms with E-state index in [4.69, 9.17) is 0 Å². The number of imide groups is 1.